The summed E-state index contributed by atoms with van der Waals surface area (Å²) in [5.74, 6) is -0.936. The zero-order valence-corrected chi connectivity index (χ0v) is 11.8. The number of aromatic carboxylic acids is 1. The molecule has 0 aliphatic carbocycles. The van der Waals surface area contributed by atoms with Crippen LogP contribution in [0.4, 0.5) is 4.79 Å². The largest absolute Gasteiger partial charge is 0.478 e. The molecule has 0 radical (unpaired) electrons. The Balaban J connectivity index is 1.68. The molecule has 0 bridgehead atoms. The van der Waals surface area contributed by atoms with Gasteiger partial charge < -0.3 is 20.5 Å². The number of benzene rings is 1. The molecule has 1 aromatic rings. The second-order valence-electron chi connectivity index (χ2n) is 5.07. The van der Waals surface area contributed by atoms with E-state index in [-0.39, 0.29) is 17.6 Å². The molecule has 3 N–H and O–H groups in total. The van der Waals surface area contributed by atoms with Gasteiger partial charge in [-0.1, -0.05) is 12.1 Å². The average Bonchev–Trinajstić information content (AvgIpc) is 2.49. The Morgan fingerprint density at radius 1 is 1.29 bits per heavy atom. The van der Waals surface area contributed by atoms with Crippen LogP contribution in [0.2, 0.25) is 0 Å². The molecule has 0 aromatic heterocycles. The second kappa shape index (κ2) is 7.64. The standard InChI is InChI=1S/C15H20N2O4/c18-14(19)12-5-3-11(4-6-12)7-8-16-15(20)17-13-2-1-9-21-10-13/h3-6,13H,1-2,7-10H2,(H,18,19)(H2,16,17,20). The van der Waals surface area contributed by atoms with Crippen molar-refractivity contribution in [2.45, 2.75) is 25.3 Å². The normalized spacial score (nSPS) is 18.0. The number of hydrogen-bond donors (Lipinski definition) is 3. The summed E-state index contributed by atoms with van der Waals surface area (Å²) in [6.45, 7) is 1.85. The number of urea groups is 1. The summed E-state index contributed by atoms with van der Waals surface area (Å²) in [5, 5.41) is 14.5. The van der Waals surface area contributed by atoms with Crippen LogP contribution < -0.4 is 10.6 Å². The Morgan fingerprint density at radius 3 is 2.67 bits per heavy atom. The van der Waals surface area contributed by atoms with Crippen molar-refractivity contribution < 1.29 is 19.4 Å². The Morgan fingerprint density at radius 2 is 2.05 bits per heavy atom. The van der Waals surface area contributed by atoms with Gasteiger partial charge in [0.2, 0.25) is 0 Å². The summed E-state index contributed by atoms with van der Waals surface area (Å²) < 4.78 is 5.30. The van der Waals surface area contributed by atoms with Crippen LogP contribution in [0.3, 0.4) is 0 Å². The molecule has 6 heteroatoms. The number of carbonyl (C=O) groups excluding carboxylic acids is 1. The first kappa shape index (κ1) is 15.3. The van der Waals surface area contributed by atoms with Gasteiger partial charge in [0, 0.05) is 13.2 Å². The Kier molecular flexibility index (Phi) is 5.57. The van der Waals surface area contributed by atoms with Crippen LogP contribution in [0.25, 0.3) is 0 Å². The van der Waals surface area contributed by atoms with Crippen molar-refractivity contribution >= 4 is 12.0 Å². The summed E-state index contributed by atoms with van der Waals surface area (Å²) in [7, 11) is 0. The molecular weight excluding hydrogens is 272 g/mol. The molecular formula is C15H20N2O4. The summed E-state index contributed by atoms with van der Waals surface area (Å²) in [6.07, 6.45) is 2.58. The van der Waals surface area contributed by atoms with Crippen LogP contribution in [-0.2, 0) is 11.2 Å². The molecule has 1 atom stereocenters. The van der Waals surface area contributed by atoms with Crippen molar-refractivity contribution in [3.63, 3.8) is 0 Å². The van der Waals surface area contributed by atoms with Gasteiger partial charge in [-0.15, -0.1) is 0 Å². The lowest BCUT2D eigenvalue weighted by Gasteiger charge is -2.23. The number of ether oxygens (including phenoxy) is 1. The van der Waals surface area contributed by atoms with E-state index >= 15 is 0 Å². The highest BCUT2D eigenvalue weighted by molar-refractivity contribution is 5.87. The number of carboxylic acids is 1. The minimum atomic E-state index is -0.936. The number of carbonyl (C=O) groups is 2. The first-order chi connectivity index (χ1) is 10.1. The zero-order chi connectivity index (χ0) is 15.1. The predicted octanol–water partition coefficient (Wildman–Crippen LogP) is 1.41. The molecule has 1 saturated heterocycles. The molecule has 1 heterocycles. The summed E-state index contributed by atoms with van der Waals surface area (Å²) in [4.78, 5) is 22.4. The van der Waals surface area contributed by atoms with E-state index in [2.05, 4.69) is 10.6 Å². The zero-order valence-electron chi connectivity index (χ0n) is 11.8. The molecule has 0 spiro atoms. The van der Waals surface area contributed by atoms with Gasteiger partial charge >= 0.3 is 12.0 Å². The first-order valence-corrected chi connectivity index (χ1v) is 7.09. The lowest BCUT2D eigenvalue weighted by molar-refractivity contribution is 0.0697. The Hall–Kier alpha value is -2.08. The van der Waals surface area contributed by atoms with Gasteiger partial charge in [-0.2, -0.15) is 0 Å². The monoisotopic (exact) mass is 292 g/mol. The molecule has 2 amide bonds. The van der Waals surface area contributed by atoms with E-state index in [0.717, 1.165) is 25.0 Å². The molecule has 1 aliphatic rings. The van der Waals surface area contributed by atoms with Crippen LogP contribution in [0, 0.1) is 0 Å². The van der Waals surface area contributed by atoms with Crippen molar-refractivity contribution in [2.75, 3.05) is 19.8 Å². The predicted molar refractivity (Wildman–Crippen MR) is 77.5 cm³/mol. The molecule has 114 valence electrons. The third-order valence-electron chi connectivity index (χ3n) is 3.40. The lowest BCUT2D eigenvalue weighted by atomic mass is 10.1. The Bertz CT molecular complexity index is 481. The minimum Gasteiger partial charge on any atom is -0.478 e. The van der Waals surface area contributed by atoms with E-state index < -0.39 is 5.97 Å². The van der Waals surface area contributed by atoms with Gasteiger partial charge in [0.1, 0.15) is 0 Å². The van der Waals surface area contributed by atoms with Gasteiger partial charge in [0.25, 0.3) is 0 Å². The number of rotatable bonds is 5. The van der Waals surface area contributed by atoms with Crippen LogP contribution in [-0.4, -0.2) is 42.9 Å². The van der Waals surface area contributed by atoms with Gasteiger partial charge in [-0.25, -0.2) is 9.59 Å². The van der Waals surface area contributed by atoms with Crippen molar-refractivity contribution in [1.82, 2.24) is 10.6 Å². The fourth-order valence-corrected chi connectivity index (χ4v) is 2.23. The van der Waals surface area contributed by atoms with Gasteiger partial charge in [-0.05, 0) is 37.0 Å². The number of amides is 2. The van der Waals surface area contributed by atoms with Crippen molar-refractivity contribution in [3.05, 3.63) is 35.4 Å². The molecule has 1 fully saturated rings. The highest BCUT2D eigenvalue weighted by Gasteiger charge is 2.15. The van der Waals surface area contributed by atoms with Gasteiger partial charge in [0.15, 0.2) is 0 Å². The number of hydrogen-bond acceptors (Lipinski definition) is 3. The summed E-state index contributed by atoms with van der Waals surface area (Å²) >= 11 is 0. The quantitative estimate of drug-likeness (QED) is 0.765. The number of carboxylic acid groups (broad SMARTS) is 1. The van der Waals surface area contributed by atoms with Crippen LogP contribution >= 0.6 is 0 Å². The molecule has 21 heavy (non-hydrogen) atoms. The molecule has 1 unspecified atom stereocenters. The maximum absolute atomic E-state index is 11.7. The van der Waals surface area contributed by atoms with Crippen LogP contribution in [0.5, 0.6) is 0 Å². The summed E-state index contributed by atoms with van der Waals surface area (Å²) in [6, 6.07) is 6.56. The fraction of sp³-hybridized carbons (Fsp3) is 0.467. The second-order valence-corrected chi connectivity index (χ2v) is 5.07. The topological polar surface area (TPSA) is 87.7 Å². The van der Waals surface area contributed by atoms with E-state index in [1.165, 1.54) is 0 Å². The fourth-order valence-electron chi connectivity index (χ4n) is 2.23. The summed E-state index contributed by atoms with van der Waals surface area (Å²) in [5.41, 5.74) is 1.25. The van der Waals surface area contributed by atoms with E-state index in [9.17, 15) is 9.59 Å². The first-order valence-electron chi connectivity index (χ1n) is 7.09. The van der Waals surface area contributed by atoms with Gasteiger partial charge in [-0.3, -0.25) is 0 Å². The minimum absolute atomic E-state index is 0.0913. The van der Waals surface area contributed by atoms with Crippen molar-refractivity contribution in [1.29, 1.82) is 0 Å². The highest BCUT2D eigenvalue weighted by Crippen LogP contribution is 2.06. The van der Waals surface area contributed by atoms with Crippen molar-refractivity contribution in [3.8, 4) is 0 Å². The maximum atomic E-state index is 11.7. The lowest BCUT2D eigenvalue weighted by Crippen LogP contribution is -2.46. The van der Waals surface area contributed by atoms with E-state index in [1.54, 1.807) is 24.3 Å². The van der Waals surface area contributed by atoms with E-state index in [0.29, 0.717) is 19.6 Å². The molecule has 6 nitrogen and oxygen atoms in total. The van der Waals surface area contributed by atoms with Crippen LogP contribution in [0.15, 0.2) is 24.3 Å². The SMILES string of the molecule is O=C(NCCc1ccc(C(=O)O)cc1)NC1CCCOC1. The third-order valence-corrected chi connectivity index (χ3v) is 3.40. The van der Waals surface area contributed by atoms with E-state index in [1.807, 2.05) is 0 Å². The average molecular weight is 292 g/mol. The third kappa shape index (κ3) is 5.07. The highest BCUT2D eigenvalue weighted by atomic mass is 16.5. The molecule has 0 saturated carbocycles. The smallest absolute Gasteiger partial charge is 0.335 e. The molecule has 2 rings (SSSR count). The van der Waals surface area contributed by atoms with E-state index in [4.69, 9.17) is 9.84 Å². The molecule has 1 aromatic carbocycles. The Labute approximate surface area is 123 Å². The maximum Gasteiger partial charge on any atom is 0.335 e. The number of nitrogens with one attached hydrogen (secondary N) is 2. The van der Waals surface area contributed by atoms with Crippen LogP contribution in [0.1, 0.15) is 28.8 Å². The van der Waals surface area contributed by atoms with Gasteiger partial charge in [0.05, 0.1) is 18.2 Å². The van der Waals surface area contributed by atoms with Crippen molar-refractivity contribution in [2.24, 2.45) is 0 Å². The molecule has 1 aliphatic heterocycles.